The molecule has 0 fully saturated rings. The minimum Gasteiger partial charge on any atom is -0.361 e. The largest absolute Gasteiger partial charge is 0.361 e. The molecule has 0 saturated heterocycles. The number of hydrogen-bond acceptors (Lipinski definition) is 13. The number of hydrogen-bond donors (Lipinski definition) is 0. The Balaban J connectivity index is 0.000000225. The molecule has 0 aliphatic heterocycles. The molecule has 0 unspecified atom stereocenters. The number of nitrogens with zero attached hydrogens (tertiary/aromatic N) is 9. The number of benzene rings is 3. The molecule has 0 aliphatic carbocycles. The first-order valence-electron chi connectivity index (χ1n) is 19.2. The van der Waals surface area contributed by atoms with Gasteiger partial charge in [-0.25, -0.2) is 59.0 Å². The van der Waals surface area contributed by atoms with Gasteiger partial charge in [-0.3, -0.25) is 4.57 Å². The van der Waals surface area contributed by atoms with E-state index in [4.69, 9.17) is 49.0 Å². The number of sulfonamides is 3. The van der Waals surface area contributed by atoms with E-state index in [1.54, 1.807) is 18.4 Å². The average Bonchev–Trinajstić information content (AvgIpc) is 3.30. The molecule has 0 saturated carbocycles. The van der Waals surface area contributed by atoms with Crippen LogP contribution < -0.4 is 15.3 Å². The van der Waals surface area contributed by atoms with Gasteiger partial charge in [-0.1, -0.05) is 34.8 Å². The van der Waals surface area contributed by atoms with Gasteiger partial charge < -0.3 is 18.8 Å². The second kappa shape index (κ2) is 25.4. The summed E-state index contributed by atoms with van der Waals surface area (Å²) in [6.07, 6.45) is 7.93. The highest BCUT2D eigenvalue weighted by Gasteiger charge is 2.30. The fourth-order valence-electron chi connectivity index (χ4n) is 4.89. The number of halogens is 9. The van der Waals surface area contributed by atoms with E-state index in [2.05, 4.69) is 28.7 Å². The Morgan fingerprint density at radius 2 is 1.10 bits per heavy atom. The van der Waals surface area contributed by atoms with E-state index >= 15 is 0 Å². The molecule has 18 nitrogen and oxygen atoms in total. The highest BCUT2D eigenvalue weighted by molar-refractivity contribution is 7.92. The maximum Gasteiger partial charge on any atom is 0.287 e. The quantitative estimate of drug-likeness (QED) is 0.0554. The van der Waals surface area contributed by atoms with E-state index < -0.39 is 101 Å². The third-order valence-corrected chi connectivity index (χ3v) is 13.4. The molecule has 0 atom stereocenters. The van der Waals surface area contributed by atoms with Gasteiger partial charge in [0.05, 0.1) is 27.7 Å². The van der Waals surface area contributed by atoms with Crippen molar-refractivity contribution in [2.24, 2.45) is 8.80 Å². The highest BCUT2D eigenvalue weighted by Crippen LogP contribution is 2.29. The van der Waals surface area contributed by atoms with E-state index in [9.17, 15) is 51.6 Å². The standard InChI is InChI=1S/3C13H12ClF2N3O3S/c1-2-22-8-19-4-3-13(17-7-19)18-23(20,21)12-5-9(14)10(15)6-11(12)16;1-2-22-8-19-7-17-4-3-13(19)18-23(20,21)12-5-9(14)10(15)6-11(12)16;1-2-22-8-19(13-3-4-17-7-18-13)23(20,21)12-5-9(14)10(15)6-11(12)16/h3*3-7H,2,8H2,1H3. The second-order valence-corrected chi connectivity index (χ2v) is 19.0. The van der Waals surface area contributed by atoms with Crippen LogP contribution >= 0.6 is 34.8 Å². The average molecular weight is 1090 g/mol. The fraction of sp³-hybridized carbons (Fsp3) is 0.231. The lowest BCUT2D eigenvalue weighted by Gasteiger charge is -2.23. The summed E-state index contributed by atoms with van der Waals surface area (Å²) in [5, 5.41) is -1.54. The van der Waals surface area contributed by atoms with E-state index in [0.29, 0.717) is 49.6 Å². The van der Waals surface area contributed by atoms with Crippen molar-refractivity contribution in [2.45, 2.75) is 48.9 Å². The third-order valence-electron chi connectivity index (χ3n) is 8.15. The number of ether oxygens (including phenoxy) is 3. The third kappa shape index (κ3) is 15.5. The van der Waals surface area contributed by atoms with Crippen LogP contribution in [0.2, 0.25) is 15.1 Å². The van der Waals surface area contributed by atoms with Gasteiger partial charge in [-0.2, -0.15) is 16.8 Å². The molecule has 0 spiro atoms. The van der Waals surface area contributed by atoms with Gasteiger partial charge in [-0.15, -0.1) is 8.80 Å². The van der Waals surface area contributed by atoms with Gasteiger partial charge in [0.2, 0.25) is 0 Å². The summed E-state index contributed by atoms with van der Waals surface area (Å²) in [5.41, 5.74) is -0.175. The topological polar surface area (TPSA) is 219 Å². The molecule has 372 valence electrons. The number of rotatable bonds is 16. The summed E-state index contributed by atoms with van der Waals surface area (Å²) in [4.78, 5) is 12.7. The van der Waals surface area contributed by atoms with Crippen LogP contribution in [-0.2, 0) is 57.7 Å². The molecule has 6 aromatic rings. The Labute approximate surface area is 405 Å². The first kappa shape index (κ1) is 56.1. The van der Waals surface area contributed by atoms with Crippen LogP contribution in [0, 0.1) is 34.9 Å². The molecule has 0 N–H and O–H groups in total. The molecule has 0 bridgehead atoms. The van der Waals surface area contributed by atoms with Gasteiger partial charge in [0, 0.05) is 68.7 Å². The van der Waals surface area contributed by atoms with E-state index in [0.717, 1.165) is 10.6 Å². The van der Waals surface area contributed by atoms with Crippen LogP contribution in [0.3, 0.4) is 0 Å². The van der Waals surface area contributed by atoms with E-state index in [1.807, 2.05) is 6.92 Å². The normalized spacial score (nSPS) is 12.2. The number of aromatic nitrogens is 6. The monoisotopic (exact) mass is 1090 g/mol. The molecule has 3 aromatic heterocycles. The predicted octanol–water partition coefficient (Wildman–Crippen LogP) is 6.79. The van der Waals surface area contributed by atoms with Crippen LogP contribution in [0.1, 0.15) is 20.8 Å². The van der Waals surface area contributed by atoms with Crippen molar-refractivity contribution < 1.29 is 65.8 Å². The molecular formula is C39H36Cl3F6N9O9S3. The first-order chi connectivity index (χ1) is 32.6. The molecule has 3 heterocycles. The van der Waals surface area contributed by atoms with Gasteiger partial charge in [0.25, 0.3) is 30.1 Å². The van der Waals surface area contributed by atoms with Crippen molar-refractivity contribution in [2.75, 3.05) is 30.9 Å². The smallest absolute Gasteiger partial charge is 0.287 e. The van der Waals surface area contributed by atoms with Crippen LogP contribution in [0.25, 0.3) is 0 Å². The molecular weight excluding hydrogens is 1060 g/mol. The summed E-state index contributed by atoms with van der Waals surface area (Å²) in [6, 6.07) is 7.21. The minimum atomic E-state index is -4.44. The maximum atomic E-state index is 13.9. The summed E-state index contributed by atoms with van der Waals surface area (Å²) in [5.74, 6) is -7.01. The zero-order chi connectivity index (χ0) is 51.1. The second-order valence-electron chi connectivity index (χ2n) is 12.9. The van der Waals surface area contributed by atoms with Crippen LogP contribution in [0.4, 0.5) is 32.2 Å². The summed E-state index contributed by atoms with van der Waals surface area (Å²) in [6.45, 7) is 6.26. The van der Waals surface area contributed by atoms with Gasteiger partial charge >= 0.3 is 0 Å². The first-order valence-corrected chi connectivity index (χ1v) is 24.6. The molecule has 30 heteroatoms. The minimum absolute atomic E-state index is 0.0192. The summed E-state index contributed by atoms with van der Waals surface area (Å²) in [7, 11) is -13.3. The Morgan fingerprint density at radius 1 is 0.594 bits per heavy atom. The highest BCUT2D eigenvalue weighted by atomic mass is 35.5. The Morgan fingerprint density at radius 3 is 1.61 bits per heavy atom. The lowest BCUT2D eigenvalue weighted by atomic mass is 10.3. The maximum absolute atomic E-state index is 13.9. The molecule has 0 aliphatic rings. The Kier molecular flexibility index (Phi) is 20.6. The van der Waals surface area contributed by atoms with Gasteiger partial charge in [0.1, 0.15) is 81.9 Å². The Bertz CT molecular complexity index is 3220. The van der Waals surface area contributed by atoms with Gasteiger partial charge in [0.15, 0.2) is 11.0 Å². The van der Waals surface area contributed by atoms with Crippen molar-refractivity contribution in [3.05, 3.63) is 153 Å². The van der Waals surface area contributed by atoms with Crippen molar-refractivity contribution in [3.63, 3.8) is 0 Å². The molecule has 3 aromatic carbocycles. The summed E-state index contributed by atoms with van der Waals surface area (Å²) < 4.78 is 181. The zero-order valence-electron chi connectivity index (χ0n) is 35.7. The van der Waals surface area contributed by atoms with Crippen molar-refractivity contribution >= 4 is 70.7 Å². The van der Waals surface area contributed by atoms with Crippen LogP contribution in [-0.4, -0.2) is 80.9 Å². The lowest BCUT2D eigenvalue weighted by molar-refractivity contribution is 0.0841. The van der Waals surface area contributed by atoms with Crippen LogP contribution in [0.5, 0.6) is 0 Å². The Hall–Kier alpha value is -5.52. The van der Waals surface area contributed by atoms with E-state index in [1.165, 1.54) is 54.0 Å². The lowest BCUT2D eigenvalue weighted by Crippen LogP contribution is -2.34. The molecule has 6 rings (SSSR count). The molecule has 0 radical (unpaired) electrons. The fourth-order valence-corrected chi connectivity index (χ4v) is 9.06. The van der Waals surface area contributed by atoms with Crippen molar-refractivity contribution in [1.29, 1.82) is 0 Å². The van der Waals surface area contributed by atoms with E-state index in [-0.39, 0.29) is 36.9 Å². The zero-order valence-corrected chi connectivity index (χ0v) is 40.4. The SMILES string of the molecule is CCOCN(c1ccncn1)S(=O)(=O)c1cc(Cl)c(F)cc1F.CCOCn1ccc(=NS(=O)(=O)c2cc(Cl)c(F)cc2F)nc1.CCOCn1cnccc1=NS(=O)(=O)c1cc(Cl)c(F)cc1F. The molecule has 69 heavy (non-hydrogen) atoms. The van der Waals surface area contributed by atoms with Crippen molar-refractivity contribution in [3.8, 4) is 0 Å². The molecule has 0 amide bonds. The summed E-state index contributed by atoms with van der Waals surface area (Å²) >= 11 is 16.6. The predicted molar refractivity (Wildman–Crippen MR) is 235 cm³/mol. The van der Waals surface area contributed by atoms with Crippen LogP contribution in [0.15, 0.2) is 116 Å². The number of anilines is 1. The van der Waals surface area contributed by atoms with Crippen molar-refractivity contribution in [1.82, 2.24) is 29.1 Å². The van der Waals surface area contributed by atoms with Gasteiger partial charge in [-0.05, 0) is 45.0 Å².